The third-order valence-electron chi connectivity index (χ3n) is 2.62. The lowest BCUT2D eigenvalue weighted by atomic mass is 9.90. The van der Waals surface area contributed by atoms with Gasteiger partial charge < -0.3 is 5.11 Å². The summed E-state index contributed by atoms with van der Waals surface area (Å²) in [5, 5.41) is 9.02. The first-order valence-corrected chi connectivity index (χ1v) is 5.57. The molecule has 0 heterocycles. The van der Waals surface area contributed by atoms with Crippen molar-refractivity contribution in [3.63, 3.8) is 0 Å². The third kappa shape index (κ3) is 3.80. The van der Waals surface area contributed by atoms with Gasteiger partial charge in [0.15, 0.2) is 0 Å². The van der Waals surface area contributed by atoms with E-state index in [1.54, 1.807) is 0 Å². The summed E-state index contributed by atoms with van der Waals surface area (Å²) in [6, 6.07) is 3.56. The fourth-order valence-electron chi connectivity index (χ4n) is 1.81. The Hall–Kier alpha value is -1.45. The second-order valence-corrected chi connectivity index (χ2v) is 4.57. The van der Waals surface area contributed by atoms with E-state index in [4.69, 9.17) is 5.11 Å². The average Bonchev–Trinajstić information content (AvgIpc) is 2.21. The fraction of sp³-hybridized carbons (Fsp3) is 0.462. The van der Waals surface area contributed by atoms with Crippen molar-refractivity contribution < 1.29 is 18.7 Å². The minimum atomic E-state index is -1.01. The Bertz CT molecular complexity index is 382. The highest BCUT2D eigenvalue weighted by Gasteiger charge is 2.22. The number of aliphatic carboxylic acids is 1. The van der Waals surface area contributed by atoms with Crippen molar-refractivity contribution in [2.75, 3.05) is 0 Å². The van der Waals surface area contributed by atoms with E-state index in [1.807, 2.05) is 13.8 Å². The van der Waals surface area contributed by atoms with Crippen LogP contribution in [0.15, 0.2) is 18.2 Å². The zero-order valence-corrected chi connectivity index (χ0v) is 9.91. The second-order valence-electron chi connectivity index (χ2n) is 4.57. The number of halogens is 2. The molecule has 0 fully saturated rings. The molecular formula is C13H16F2O2. The number of carboxylic acids is 1. The summed E-state index contributed by atoms with van der Waals surface area (Å²) in [4.78, 5) is 11.0. The van der Waals surface area contributed by atoms with Gasteiger partial charge in [-0.25, -0.2) is 8.78 Å². The third-order valence-corrected chi connectivity index (χ3v) is 2.62. The lowest BCUT2D eigenvalue weighted by molar-refractivity contribution is -0.142. The fourth-order valence-corrected chi connectivity index (χ4v) is 1.81. The van der Waals surface area contributed by atoms with Gasteiger partial charge in [0.1, 0.15) is 11.6 Å². The standard InChI is InChI=1S/C13H16F2O2/c1-8(2)6-9(13(16)17)7-10-11(14)4-3-5-12(10)15/h3-5,8-9H,6-7H2,1-2H3,(H,16,17). The van der Waals surface area contributed by atoms with Crippen molar-refractivity contribution in [1.82, 2.24) is 0 Å². The van der Waals surface area contributed by atoms with Crippen LogP contribution < -0.4 is 0 Å². The summed E-state index contributed by atoms with van der Waals surface area (Å²) in [5.74, 6) is -2.95. The van der Waals surface area contributed by atoms with E-state index in [0.717, 1.165) is 12.1 Å². The van der Waals surface area contributed by atoms with Crippen LogP contribution in [0.4, 0.5) is 8.78 Å². The minimum Gasteiger partial charge on any atom is -0.481 e. The predicted octanol–water partition coefficient (Wildman–Crippen LogP) is 3.25. The summed E-state index contributed by atoms with van der Waals surface area (Å²) >= 11 is 0. The zero-order valence-electron chi connectivity index (χ0n) is 9.91. The van der Waals surface area contributed by atoms with Crippen LogP contribution in [0, 0.1) is 23.5 Å². The number of benzene rings is 1. The van der Waals surface area contributed by atoms with Crippen LogP contribution in [0.5, 0.6) is 0 Å². The van der Waals surface area contributed by atoms with Gasteiger partial charge in [-0.05, 0) is 30.9 Å². The number of carboxylic acid groups (broad SMARTS) is 1. The number of rotatable bonds is 5. The molecule has 0 spiro atoms. The highest BCUT2D eigenvalue weighted by atomic mass is 19.1. The van der Waals surface area contributed by atoms with E-state index in [1.165, 1.54) is 6.07 Å². The lowest BCUT2D eigenvalue weighted by Crippen LogP contribution is -2.19. The van der Waals surface area contributed by atoms with Crippen molar-refractivity contribution in [2.45, 2.75) is 26.7 Å². The molecule has 0 saturated heterocycles. The van der Waals surface area contributed by atoms with E-state index in [9.17, 15) is 13.6 Å². The molecule has 1 N–H and O–H groups in total. The molecule has 1 atom stereocenters. The molecule has 2 nitrogen and oxygen atoms in total. The van der Waals surface area contributed by atoms with Crippen LogP contribution in [0.25, 0.3) is 0 Å². The largest absolute Gasteiger partial charge is 0.481 e. The number of hydrogen-bond acceptors (Lipinski definition) is 1. The van der Waals surface area contributed by atoms with E-state index in [0.29, 0.717) is 6.42 Å². The molecular weight excluding hydrogens is 226 g/mol. The lowest BCUT2D eigenvalue weighted by Gasteiger charge is -2.15. The molecule has 0 aromatic heterocycles. The smallest absolute Gasteiger partial charge is 0.306 e. The summed E-state index contributed by atoms with van der Waals surface area (Å²) in [7, 11) is 0. The Labute approximate surface area is 99.3 Å². The molecule has 0 radical (unpaired) electrons. The molecule has 0 aliphatic heterocycles. The van der Waals surface area contributed by atoms with Crippen LogP contribution in [-0.4, -0.2) is 11.1 Å². The van der Waals surface area contributed by atoms with Gasteiger partial charge >= 0.3 is 5.97 Å². The molecule has 0 bridgehead atoms. The maximum atomic E-state index is 13.4. The summed E-state index contributed by atoms with van der Waals surface area (Å²) in [6.07, 6.45) is 0.301. The second kappa shape index (κ2) is 5.75. The quantitative estimate of drug-likeness (QED) is 0.860. The van der Waals surface area contributed by atoms with Crippen molar-refractivity contribution >= 4 is 5.97 Å². The molecule has 1 aromatic carbocycles. The van der Waals surface area contributed by atoms with E-state index in [-0.39, 0.29) is 17.9 Å². The van der Waals surface area contributed by atoms with Crippen LogP contribution >= 0.6 is 0 Å². The van der Waals surface area contributed by atoms with Crippen molar-refractivity contribution in [3.05, 3.63) is 35.4 Å². The Kier molecular flexibility index (Phi) is 4.61. The molecule has 0 amide bonds. The Balaban J connectivity index is 2.90. The summed E-state index contributed by atoms with van der Waals surface area (Å²) in [5.41, 5.74) is -0.138. The van der Waals surface area contributed by atoms with Crippen LogP contribution in [0.1, 0.15) is 25.8 Å². The van der Waals surface area contributed by atoms with E-state index < -0.39 is 23.5 Å². The van der Waals surface area contributed by atoms with Crippen molar-refractivity contribution in [2.24, 2.45) is 11.8 Å². The number of carbonyl (C=O) groups is 1. The minimum absolute atomic E-state index is 0.105. The Morgan fingerprint density at radius 1 is 1.29 bits per heavy atom. The van der Waals surface area contributed by atoms with Crippen molar-refractivity contribution in [1.29, 1.82) is 0 Å². The molecule has 0 saturated carbocycles. The van der Waals surface area contributed by atoms with Gasteiger partial charge in [-0.3, -0.25) is 4.79 Å². The zero-order chi connectivity index (χ0) is 13.0. The molecule has 1 unspecified atom stereocenters. The maximum absolute atomic E-state index is 13.4. The maximum Gasteiger partial charge on any atom is 0.306 e. The summed E-state index contributed by atoms with van der Waals surface area (Å²) in [6.45, 7) is 3.77. The van der Waals surface area contributed by atoms with E-state index >= 15 is 0 Å². The van der Waals surface area contributed by atoms with Gasteiger partial charge in [0.05, 0.1) is 5.92 Å². The Morgan fingerprint density at radius 2 is 1.82 bits per heavy atom. The molecule has 94 valence electrons. The number of hydrogen-bond donors (Lipinski definition) is 1. The molecule has 0 aliphatic rings. The van der Waals surface area contributed by atoms with Gasteiger partial charge in [-0.1, -0.05) is 19.9 Å². The first-order valence-electron chi connectivity index (χ1n) is 5.57. The predicted molar refractivity (Wildman–Crippen MR) is 60.6 cm³/mol. The van der Waals surface area contributed by atoms with Crippen molar-refractivity contribution in [3.8, 4) is 0 Å². The van der Waals surface area contributed by atoms with Crippen LogP contribution in [0.3, 0.4) is 0 Å². The molecule has 1 rings (SSSR count). The monoisotopic (exact) mass is 242 g/mol. The first kappa shape index (κ1) is 13.6. The van der Waals surface area contributed by atoms with Gasteiger partial charge in [0.2, 0.25) is 0 Å². The van der Waals surface area contributed by atoms with Crippen LogP contribution in [-0.2, 0) is 11.2 Å². The van der Waals surface area contributed by atoms with Gasteiger partial charge in [-0.15, -0.1) is 0 Å². The first-order chi connectivity index (χ1) is 7.91. The van der Waals surface area contributed by atoms with Crippen LogP contribution in [0.2, 0.25) is 0 Å². The highest BCUT2D eigenvalue weighted by molar-refractivity contribution is 5.70. The normalized spacial score (nSPS) is 12.8. The SMILES string of the molecule is CC(C)CC(Cc1c(F)cccc1F)C(=O)O. The van der Waals surface area contributed by atoms with Gasteiger partial charge in [0.25, 0.3) is 0 Å². The van der Waals surface area contributed by atoms with Gasteiger partial charge in [0, 0.05) is 5.56 Å². The molecule has 0 aliphatic carbocycles. The topological polar surface area (TPSA) is 37.3 Å². The molecule has 17 heavy (non-hydrogen) atoms. The molecule has 1 aromatic rings. The Morgan fingerprint density at radius 3 is 2.24 bits per heavy atom. The molecule has 4 heteroatoms. The summed E-state index contributed by atoms with van der Waals surface area (Å²) < 4.78 is 26.8. The average molecular weight is 242 g/mol. The highest BCUT2D eigenvalue weighted by Crippen LogP contribution is 2.21. The van der Waals surface area contributed by atoms with E-state index in [2.05, 4.69) is 0 Å². The van der Waals surface area contributed by atoms with Gasteiger partial charge in [-0.2, -0.15) is 0 Å².